The van der Waals surface area contributed by atoms with E-state index < -0.39 is 0 Å². The molecular formula is C22H29ClN2O3. The Labute approximate surface area is 171 Å². The monoisotopic (exact) mass is 404 g/mol. The van der Waals surface area contributed by atoms with Crippen LogP contribution in [0.25, 0.3) is 22.1 Å². The molecule has 1 aromatic carbocycles. The fourth-order valence-corrected chi connectivity index (χ4v) is 3.30. The van der Waals surface area contributed by atoms with Crippen molar-refractivity contribution in [2.24, 2.45) is 11.7 Å². The minimum atomic E-state index is -0.0204. The second-order valence-corrected chi connectivity index (χ2v) is 7.23. The fraction of sp³-hybridized carbons (Fsp3) is 0.409. The Hall–Kier alpha value is -2.24. The van der Waals surface area contributed by atoms with Crippen LogP contribution in [-0.2, 0) is 13.1 Å². The van der Waals surface area contributed by atoms with E-state index in [1.807, 2.05) is 30.3 Å². The van der Waals surface area contributed by atoms with Gasteiger partial charge in [-0.15, -0.1) is 12.4 Å². The molecule has 0 radical (unpaired) electrons. The quantitative estimate of drug-likeness (QED) is 0.537. The smallest absolute Gasteiger partial charge is 0.258 e. The van der Waals surface area contributed by atoms with Crippen LogP contribution in [0.15, 0.2) is 45.8 Å². The van der Waals surface area contributed by atoms with Gasteiger partial charge in [-0.25, -0.2) is 0 Å². The molecule has 3 aromatic rings. The van der Waals surface area contributed by atoms with Gasteiger partial charge in [0.05, 0.1) is 24.0 Å². The summed E-state index contributed by atoms with van der Waals surface area (Å²) in [6.07, 6.45) is 3.63. The number of ether oxygens (including phenoxy) is 1. The second kappa shape index (κ2) is 9.80. The van der Waals surface area contributed by atoms with Crippen LogP contribution in [0.4, 0.5) is 0 Å². The molecule has 0 fully saturated rings. The summed E-state index contributed by atoms with van der Waals surface area (Å²) in [4.78, 5) is 13.2. The molecule has 0 spiro atoms. The summed E-state index contributed by atoms with van der Waals surface area (Å²) in [5.74, 6) is 1.81. The van der Waals surface area contributed by atoms with Crippen LogP contribution < -0.4 is 16.0 Å². The Kier molecular flexibility index (Phi) is 7.72. The zero-order valence-corrected chi connectivity index (χ0v) is 17.6. The first-order chi connectivity index (χ1) is 13.1. The van der Waals surface area contributed by atoms with E-state index in [9.17, 15) is 4.79 Å². The largest absolute Gasteiger partial charge is 0.491 e. The van der Waals surface area contributed by atoms with Gasteiger partial charge < -0.3 is 19.5 Å². The third-order valence-corrected chi connectivity index (χ3v) is 4.62. The van der Waals surface area contributed by atoms with Crippen molar-refractivity contribution in [1.29, 1.82) is 0 Å². The topological polar surface area (TPSA) is 70.4 Å². The molecule has 2 N–H and O–H groups in total. The third-order valence-electron chi connectivity index (χ3n) is 4.62. The zero-order valence-electron chi connectivity index (χ0n) is 16.7. The number of fused-ring (bicyclic) bond motifs is 1. The summed E-state index contributed by atoms with van der Waals surface area (Å²) in [6.45, 7) is 7.78. The number of unbranched alkanes of at least 4 members (excludes halogenated alkanes) is 1. The Morgan fingerprint density at radius 3 is 2.61 bits per heavy atom. The lowest BCUT2D eigenvalue weighted by Crippen LogP contribution is -2.28. The molecule has 0 aliphatic rings. The molecule has 0 atom stereocenters. The first-order valence-electron chi connectivity index (χ1n) is 9.63. The van der Waals surface area contributed by atoms with Crippen LogP contribution in [0.2, 0.25) is 0 Å². The van der Waals surface area contributed by atoms with Gasteiger partial charge >= 0.3 is 0 Å². The number of hydrogen-bond donors (Lipinski definition) is 1. The average Bonchev–Trinajstić information content (AvgIpc) is 3.19. The van der Waals surface area contributed by atoms with Crippen molar-refractivity contribution in [3.8, 4) is 17.1 Å². The van der Waals surface area contributed by atoms with Crippen LogP contribution in [0.1, 0.15) is 39.3 Å². The minimum Gasteiger partial charge on any atom is -0.491 e. The van der Waals surface area contributed by atoms with Crippen molar-refractivity contribution in [1.82, 2.24) is 4.57 Å². The molecule has 0 amide bonds. The normalized spacial score (nSPS) is 11.0. The van der Waals surface area contributed by atoms with Crippen molar-refractivity contribution in [3.63, 3.8) is 0 Å². The van der Waals surface area contributed by atoms with Crippen molar-refractivity contribution < 1.29 is 9.15 Å². The number of rotatable bonds is 8. The molecule has 2 heterocycles. The highest BCUT2D eigenvalue weighted by Gasteiger charge is 2.19. The van der Waals surface area contributed by atoms with Crippen molar-refractivity contribution >= 4 is 23.2 Å². The van der Waals surface area contributed by atoms with Crippen LogP contribution in [0.3, 0.4) is 0 Å². The maximum atomic E-state index is 13.2. The molecule has 28 heavy (non-hydrogen) atoms. The number of benzene rings is 1. The number of hydrogen-bond acceptors (Lipinski definition) is 4. The van der Waals surface area contributed by atoms with Gasteiger partial charge in [0.25, 0.3) is 5.56 Å². The second-order valence-electron chi connectivity index (χ2n) is 7.23. The SMILES string of the molecule is CCCCOc1c(CN)n(CC(C)C)c(=O)c2ccc(-c3ccco3)cc12.Cl. The summed E-state index contributed by atoms with van der Waals surface area (Å²) in [6, 6.07) is 9.50. The van der Waals surface area contributed by atoms with Crippen LogP contribution in [0, 0.1) is 5.92 Å². The number of aromatic nitrogens is 1. The predicted octanol–water partition coefficient (Wildman–Crippen LogP) is 4.98. The fourth-order valence-electron chi connectivity index (χ4n) is 3.30. The lowest BCUT2D eigenvalue weighted by atomic mass is 10.0. The third kappa shape index (κ3) is 4.42. The summed E-state index contributed by atoms with van der Waals surface area (Å²) < 4.78 is 13.5. The maximum Gasteiger partial charge on any atom is 0.258 e. The highest BCUT2D eigenvalue weighted by molar-refractivity contribution is 5.91. The highest BCUT2D eigenvalue weighted by Crippen LogP contribution is 2.32. The number of nitrogens with zero attached hydrogens (tertiary/aromatic N) is 1. The van der Waals surface area contributed by atoms with Gasteiger partial charge in [-0.2, -0.15) is 0 Å². The summed E-state index contributed by atoms with van der Waals surface area (Å²) in [7, 11) is 0. The number of halogens is 1. The van der Waals surface area contributed by atoms with Gasteiger partial charge in [-0.3, -0.25) is 4.79 Å². The van der Waals surface area contributed by atoms with E-state index in [1.54, 1.807) is 10.8 Å². The molecular weight excluding hydrogens is 376 g/mol. The zero-order chi connectivity index (χ0) is 19.4. The molecule has 152 valence electrons. The van der Waals surface area contributed by atoms with E-state index in [-0.39, 0.29) is 24.5 Å². The highest BCUT2D eigenvalue weighted by atomic mass is 35.5. The first kappa shape index (κ1) is 22.1. The van der Waals surface area contributed by atoms with E-state index in [2.05, 4.69) is 20.8 Å². The summed E-state index contributed by atoms with van der Waals surface area (Å²) in [5.41, 5.74) is 7.72. The van der Waals surface area contributed by atoms with Gasteiger partial charge in [0.2, 0.25) is 0 Å². The Morgan fingerprint density at radius 1 is 1.21 bits per heavy atom. The molecule has 0 aliphatic heterocycles. The molecule has 0 saturated heterocycles. The summed E-state index contributed by atoms with van der Waals surface area (Å²) in [5, 5.41) is 1.44. The minimum absolute atomic E-state index is 0. The van der Waals surface area contributed by atoms with Crippen molar-refractivity contribution in [3.05, 3.63) is 52.6 Å². The van der Waals surface area contributed by atoms with Crippen LogP contribution >= 0.6 is 12.4 Å². The molecule has 0 bridgehead atoms. The molecule has 3 rings (SSSR count). The molecule has 2 aromatic heterocycles. The lowest BCUT2D eigenvalue weighted by molar-refractivity contribution is 0.304. The van der Waals surface area contributed by atoms with Crippen LogP contribution in [0.5, 0.6) is 5.75 Å². The lowest BCUT2D eigenvalue weighted by Gasteiger charge is -2.20. The first-order valence-corrected chi connectivity index (χ1v) is 9.63. The van der Waals surface area contributed by atoms with Gasteiger partial charge in [-0.1, -0.05) is 33.3 Å². The molecule has 0 saturated carbocycles. The van der Waals surface area contributed by atoms with E-state index >= 15 is 0 Å². The van der Waals surface area contributed by atoms with E-state index in [4.69, 9.17) is 14.9 Å². The van der Waals surface area contributed by atoms with Crippen LogP contribution in [-0.4, -0.2) is 11.2 Å². The standard InChI is InChI=1S/C22H28N2O3.ClH/c1-4-5-10-27-21-18-12-16(20-7-6-11-26-20)8-9-17(18)22(25)24(14-15(2)3)19(21)13-23;/h6-9,11-12,15H,4-5,10,13-14,23H2,1-3H3;1H. The molecule has 0 unspecified atom stereocenters. The number of furan rings is 1. The number of nitrogens with two attached hydrogens (primary N) is 1. The van der Waals surface area contributed by atoms with E-state index in [0.29, 0.717) is 24.5 Å². The van der Waals surface area contributed by atoms with Gasteiger partial charge in [0.15, 0.2) is 0 Å². The molecule has 6 heteroatoms. The van der Waals surface area contributed by atoms with Crippen molar-refractivity contribution in [2.75, 3.05) is 6.61 Å². The predicted molar refractivity (Wildman–Crippen MR) is 116 cm³/mol. The Balaban J connectivity index is 0.00000280. The van der Waals surface area contributed by atoms with Gasteiger partial charge in [-0.05, 0) is 36.6 Å². The maximum absolute atomic E-state index is 13.2. The average molecular weight is 405 g/mol. The van der Waals surface area contributed by atoms with E-state index in [0.717, 1.165) is 41.0 Å². The Bertz CT molecular complexity index is 962. The van der Waals surface area contributed by atoms with E-state index in [1.165, 1.54) is 0 Å². The van der Waals surface area contributed by atoms with Gasteiger partial charge in [0.1, 0.15) is 11.5 Å². The molecule has 0 aliphatic carbocycles. The number of pyridine rings is 1. The molecule has 5 nitrogen and oxygen atoms in total. The van der Waals surface area contributed by atoms with Gasteiger partial charge in [0, 0.05) is 24.0 Å². The summed E-state index contributed by atoms with van der Waals surface area (Å²) >= 11 is 0. The van der Waals surface area contributed by atoms with Crippen molar-refractivity contribution in [2.45, 2.75) is 46.7 Å². The Morgan fingerprint density at radius 2 is 2.00 bits per heavy atom.